The number of halogens is 1. The first kappa shape index (κ1) is 14.6. The van der Waals surface area contributed by atoms with Crippen LogP contribution in [0.3, 0.4) is 0 Å². The number of hydrogen-bond donors (Lipinski definition) is 0. The molecule has 1 unspecified atom stereocenters. The van der Waals surface area contributed by atoms with Gasteiger partial charge in [-0.2, -0.15) is 0 Å². The van der Waals surface area contributed by atoms with E-state index in [1.807, 2.05) is 19.1 Å². The maximum atomic E-state index is 11.2. The molecule has 2 rings (SSSR count). The van der Waals surface area contributed by atoms with E-state index >= 15 is 0 Å². The molecule has 1 aromatic heterocycles. The van der Waals surface area contributed by atoms with Crippen LogP contribution >= 0.6 is 11.6 Å². The van der Waals surface area contributed by atoms with Gasteiger partial charge < -0.3 is 9.47 Å². The number of benzene rings is 1. The molecule has 106 valence electrons. The second-order valence-electron chi connectivity index (χ2n) is 4.63. The Balaban J connectivity index is 2.43. The lowest BCUT2D eigenvalue weighted by Crippen LogP contribution is -2.36. The molecule has 5 heteroatoms. The van der Waals surface area contributed by atoms with Gasteiger partial charge in [0.25, 0.3) is 5.79 Å². The summed E-state index contributed by atoms with van der Waals surface area (Å²) in [4.78, 5) is 15.5. The zero-order valence-electron chi connectivity index (χ0n) is 11.6. The van der Waals surface area contributed by atoms with Crippen LogP contribution in [0, 0.1) is 0 Å². The quantitative estimate of drug-likeness (QED) is 0.632. The molecular formula is C15H16ClNO3. The van der Waals surface area contributed by atoms with Crippen LogP contribution < -0.4 is 4.74 Å². The Labute approximate surface area is 122 Å². The van der Waals surface area contributed by atoms with Crippen molar-refractivity contribution in [1.82, 2.24) is 4.98 Å². The molecule has 0 bridgehead atoms. The van der Waals surface area contributed by atoms with Gasteiger partial charge in [-0.15, -0.1) is 0 Å². The molecule has 0 saturated carbocycles. The second-order valence-corrected chi connectivity index (χ2v) is 5.04. The first-order valence-corrected chi connectivity index (χ1v) is 6.75. The molecule has 4 nitrogen and oxygen atoms in total. The number of nitrogens with zero attached hydrogens (tertiary/aromatic N) is 1. The lowest BCUT2D eigenvalue weighted by Gasteiger charge is -2.29. The molecule has 0 fully saturated rings. The number of hydrogen-bond acceptors (Lipinski definition) is 4. The van der Waals surface area contributed by atoms with Gasteiger partial charge in [-0.3, -0.25) is 9.78 Å². The lowest BCUT2D eigenvalue weighted by atomic mass is 10.2. The molecular weight excluding hydrogens is 278 g/mol. The zero-order valence-corrected chi connectivity index (χ0v) is 12.4. The Hall–Kier alpha value is -1.81. The second kappa shape index (κ2) is 5.67. The molecule has 0 aliphatic carbocycles. The van der Waals surface area contributed by atoms with Gasteiger partial charge >= 0.3 is 5.97 Å². The van der Waals surface area contributed by atoms with E-state index < -0.39 is 5.79 Å². The van der Waals surface area contributed by atoms with E-state index in [0.29, 0.717) is 22.7 Å². The highest BCUT2D eigenvalue weighted by molar-refractivity contribution is 6.35. The standard InChI is InChI=1S/C15H16ClNO3/c1-4-15(3,19-10(2)18)20-13-8-7-12(16)11-6-5-9-17-14(11)13/h5-9H,4H2,1-3H3. The van der Waals surface area contributed by atoms with Crippen LogP contribution in [0.5, 0.6) is 5.75 Å². The summed E-state index contributed by atoms with van der Waals surface area (Å²) in [5, 5.41) is 1.40. The predicted molar refractivity (Wildman–Crippen MR) is 77.8 cm³/mol. The van der Waals surface area contributed by atoms with E-state index in [0.717, 1.165) is 5.39 Å². The Kier molecular flexibility index (Phi) is 4.14. The van der Waals surface area contributed by atoms with Crippen LogP contribution in [0.25, 0.3) is 10.9 Å². The molecule has 0 spiro atoms. The Bertz CT molecular complexity index is 644. The number of carbonyl (C=O) groups excluding carboxylic acids is 1. The number of aromatic nitrogens is 1. The molecule has 2 aromatic rings. The summed E-state index contributed by atoms with van der Waals surface area (Å²) >= 11 is 6.14. The van der Waals surface area contributed by atoms with Gasteiger partial charge in [0.15, 0.2) is 5.75 Å². The molecule has 0 radical (unpaired) electrons. The Morgan fingerprint density at radius 2 is 2.15 bits per heavy atom. The van der Waals surface area contributed by atoms with Gasteiger partial charge in [-0.25, -0.2) is 0 Å². The molecule has 0 amide bonds. The third-order valence-corrected chi connectivity index (χ3v) is 3.34. The maximum Gasteiger partial charge on any atom is 0.305 e. The normalized spacial score (nSPS) is 13.8. The predicted octanol–water partition coefficient (Wildman–Crippen LogP) is 3.96. The van der Waals surface area contributed by atoms with E-state index in [9.17, 15) is 4.79 Å². The summed E-state index contributed by atoms with van der Waals surface area (Å²) in [5.74, 6) is -0.874. The third-order valence-electron chi connectivity index (χ3n) is 3.01. The summed E-state index contributed by atoms with van der Waals surface area (Å²) in [6, 6.07) is 7.15. The molecule has 0 aliphatic heterocycles. The number of rotatable bonds is 4. The van der Waals surface area contributed by atoms with Crippen LogP contribution in [-0.2, 0) is 9.53 Å². The minimum atomic E-state index is -1.02. The van der Waals surface area contributed by atoms with Crippen molar-refractivity contribution in [3.05, 3.63) is 35.5 Å². The highest BCUT2D eigenvalue weighted by Gasteiger charge is 2.28. The molecule has 20 heavy (non-hydrogen) atoms. The van der Waals surface area contributed by atoms with E-state index in [2.05, 4.69) is 4.98 Å². The minimum Gasteiger partial charge on any atom is -0.450 e. The van der Waals surface area contributed by atoms with Crippen LogP contribution in [0.4, 0.5) is 0 Å². The fourth-order valence-electron chi connectivity index (χ4n) is 1.90. The molecule has 1 aromatic carbocycles. The highest BCUT2D eigenvalue weighted by atomic mass is 35.5. The lowest BCUT2D eigenvalue weighted by molar-refractivity contribution is -0.190. The van der Waals surface area contributed by atoms with Gasteiger partial charge in [0.2, 0.25) is 0 Å². The van der Waals surface area contributed by atoms with Crippen molar-refractivity contribution >= 4 is 28.5 Å². The van der Waals surface area contributed by atoms with Crippen molar-refractivity contribution < 1.29 is 14.3 Å². The number of carbonyl (C=O) groups is 1. The average Bonchev–Trinajstić information content (AvgIpc) is 2.41. The van der Waals surface area contributed by atoms with Crippen molar-refractivity contribution in [1.29, 1.82) is 0 Å². The van der Waals surface area contributed by atoms with Crippen molar-refractivity contribution in [2.75, 3.05) is 0 Å². The van der Waals surface area contributed by atoms with E-state index in [1.165, 1.54) is 6.92 Å². The first-order chi connectivity index (χ1) is 9.45. The fourth-order valence-corrected chi connectivity index (χ4v) is 2.11. The SMILES string of the molecule is CCC(C)(OC(C)=O)Oc1ccc(Cl)c2cccnc12. The van der Waals surface area contributed by atoms with E-state index in [-0.39, 0.29) is 5.97 Å². The van der Waals surface area contributed by atoms with Crippen molar-refractivity contribution in [2.45, 2.75) is 33.0 Å². The van der Waals surface area contributed by atoms with Crippen LogP contribution in [0.1, 0.15) is 27.2 Å². The van der Waals surface area contributed by atoms with Crippen LogP contribution in [0.15, 0.2) is 30.5 Å². The third kappa shape index (κ3) is 3.02. The van der Waals surface area contributed by atoms with Crippen molar-refractivity contribution in [3.63, 3.8) is 0 Å². The smallest absolute Gasteiger partial charge is 0.305 e. The largest absolute Gasteiger partial charge is 0.450 e. The molecule has 0 saturated heterocycles. The molecule has 1 atom stereocenters. The Morgan fingerprint density at radius 3 is 2.80 bits per heavy atom. The number of fused-ring (bicyclic) bond motifs is 1. The fraction of sp³-hybridized carbons (Fsp3) is 0.333. The number of esters is 1. The van der Waals surface area contributed by atoms with E-state index in [1.54, 1.807) is 25.3 Å². The van der Waals surface area contributed by atoms with Gasteiger partial charge in [-0.1, -0.05) is 18.5 Å². The molecule has 0 N–H and O–H groups in total. The van der Waals surface area contributed by atoms with Crippen LogP contribution in [0.2, 0.25) is 5.02 Å². The summed E-state index contributed by atoms with van der Waals surface area (Å²) in [5.41, 5.74) is 0.645. The highest BCUT2D eigenvalue weighted by Crippen LogP contribution is 2.32. The molecule has 1 heterocycles. The Morgan fingerprint density at radius 1 is 1.40 bits per heavy atom. The summed E-state index contributed by atoms with van der Waals surface area (Å²) < 4.78 is 11.1. The van der Waals surface area contributed by atoms with Gasteiger partial charge in [-0.05, 0) is 24.3 Å². The monoisotopic (exact) mass is 293 g/mol. The summed E-state index contributed by atoms with van der Waals surface area (Å²) in [6.07, 6.45) is 2.18. The van der Waals surface area contributed by atoms with Crippen molar-refractivity contribution in [2.24, 2.45) is 0 Å². The maximum absolute atomic E-state index is 11.2. The number of ether oxygens (including phenoxy) is 2. The average molecular weight is 294 g/mol. The first-order valence-electron chi connectivity index (χ1n) is 6.37. The van der Waals surface area contributed by atoms with Gasteiger partial charge in [0.05, 0.1) is 5.02 Å². The van der Waals surface area contributed by atoms with Gasteiger partial charge in [0, 0.05) is 31.9 Å². The summed E-state index contributed by atoms with van der Waals surface area (Å²) in [7, 11) is 0. The minimum absolute atomic E-state index is 0.388. The van der Waals surface area contributed by atoms with Crippen molar-refractivity contribution in [3.8, 4) is 5.75 Å². The number of pyridine rings is 1. The van der Waals surface area contributed by atoms with Crippen LogP contribution in [-0.4, -0.2) is 16.7 Å². The van der Waals surface area contributed by atoms with Gasteiger partial charge in [0.1, 0.15) is 5.52 Å². The topological polar surface area (TPSA) is 48.4 Å². The molecule has 0 aliphatic rings. The summed E-state index contributed by atoms with van der Waals surface area (Å²) in [6.45, 7) is 4.96. The zero-order chi connectivity index (χ0) is 14.8. The van der Waals surface area contributed by atoms with E-state index in [4.69, 9.17) is 21.1 Å².